The average molecular weight is 407 g/mol. The third-order valence-electron chi connectivity index (χ3n) is 4.63. The van der Waals surface area contributed by atoms with Gasteiger partial charge in [0.25, 0.3) is 0 Å². The number of hydrogen-bond donors (Lipinski definition) is 0. The first kappa shape index (κ1) is 20.3. The molecule has 150 valence electrons. The lowest BCUT2D eigenvalue weighted by molar-refractivity contribution is 0.0467. The SMILES string of the molecule is COc1ccc(COC(=O)c2ccccc2S(=O)(=O)N2CCCCC2)cc1F. The number of sulfonamides is 1. The highest BCUT2D eigenvalue weighted by atomic mass is 32.2. The molecule has 0 atom stereocenters. The normalized spacial score (nSPS) is 15.2. The van der Waals surface area contributed by atoms with Crippen LogP contribution in [0, 0.1) is 5.82 Å². The molecule has 1 heterocycles. The molecule has 1 saturated heterocycles. The van der Waals surface area contributed by atoms with Crippen molar-refractivity contribution in [3.63, 3.8) is 0 Å². The van der Waals surface area contributed by atoms with E-state index >= 15 is 0 Å². The Balaban J connectivity index is 1.78. The fourth-order valence-corrected chi connectivity index (χ4v) is 4.83. The van der Waals surface area contributed by atoms with E-state index in [0.717, 1.165) is 19.3 Å². The Labute approximate surface area is 163 Å². The second-order valence-corrected chi connectivity index (χ2v) is 8.41. The van der Waals surface area contributed by atoms with Crippen molar-refractivity contribution in [3.8, 4) is 5.75 Å². The summed E-state index contributed by atoms with van der Waals surface area (Å²) in [6.07, 6.45) is 2.60. The lowest BCUT2D eigenvalue weighted by Gasteiger charge is -2.26. The van der Waals surface area contributed by atoms with E-state index in [9.17, 15) is 17.6 Å². The molecule has 1 aliphatic heterocycles. The summed E-state index contributed by atoms with van der Waals surface area (Å²) in [6, 6.07) is 10.2. The van der Waals surface area contributed by atoms with Crippen LogP contribution in [0.3, 0.4) is 0 Å². The van der Waals surface area contributed by atoms with Crippen molar-refractivity contribution in [2.45, 2.75) is 30.8 Å². The number of nitrogens with zero attached hydrogens (tertiary/aromatic N) is 1. The molecule has 0 amide bonds. The lowest BCUT2D eigenvalue weighted by Crippen LogP contribution is -2.36. The zero-order valence-electron chi connectivity index (χ0n) is 15.6. The summed E-state index contributed by atoms with van der Waals surface area (Å²) in [6.45, 7) is 0.700. The number of carbonyl (C=O) groups excluding carboxylic acids is 1. The Hall–Kier alpha value is -2.45. The van der Waals surface area contributed by atoms with E-state index < -0.39 is 21.8 Å². The predicted molar refractivity (Wildman–Crippen MR) is 101 cm³/mol. The smallest absolute Gasteiger partial charge is 0.339 e. The first-order valence-corrected chi connectivity index (χ1v) is 10.5. The Morgan fingerprint density at radius 3 is 2.50 bits per heavy atom. The molecule has 3 rings (SSSR count). The first-order valence-electron chi connectivity index (χ1n) is 9.02. The van der Waals surface area contributed by atoms with E-state index in [1.807, 2.05) is 0 Å². The van der Waals surface area contributed by atoms with Crippen molar-refractivity contribution in [1.82, 2.24) is 4.31 Å². The van der Waals surface area contributed by atoms with Crippen LogP contribution in [-0.2, 0) is 21.4 Å². The number of ether oxygens (including phenoxy) is 2. The predicted octanol–water partition coefficient (Wildman–Crippen LogP) is 3.37. The highest BCUT2D eigenvalue weighted by molar-refractivity contribution is 7.89. The molecule has 6 nitrogen and oxygen atoms in total. The maximum atomic E-state index is 13.8. The van der Waals surface area contributed by atoms with Crippen LogP contribution in [0.15, 0.2) is 47.4 Å². The van der Waals surface area contributed by atoms with Gasteiger partial charge in [-0.3, -0.25) is 0 Å². The van der Waals surface area contributed by atoms with Crippen LogP contribution in [0.4, 0.5) is 4.39 Å². The van der Waals surface area contributed by atoms with Gasteiger partial charge < -0.3 is 9.47 Å². The van der Waals surface area contributed by atoms with Crippen LogP contribution in [-0.4, -0.2) is 38.9 Å². The quantitative estimate of drug-likeness (QED) is 0.687. The third-order valence-corrected chi connectivity index (χ3v) is 6.58. The lowest BCUT2D eigenvalue weighted by atomic mass is 10.2. The minimum atomic E-state index is -3.78. The molecule has 0 saturated carbocycles. The van der Waals surface area contributed by atoms with Crippen molar-refractivity contribution in [1.29, 1.82) is 0 Å². The number of esters is 1. The summed E-state index contributed by atoms with van der Waals surface area (Å²) < 4.78 is 51.2. The zero-order valence-corrected chi connectivity index (χ0v) is 16.4. The first-order chi connectivity index (χ1) is 13.4. The Bertz CT molecular complexity index is 955. The van der Waals surface area contributed by atoms with Gasteiger partial charge in [0.15, 0.2) is 11.6 Å². The maximum absolute atomic E-state index is 13.8. The second kappa shape index (κ2) is 8.70. The molecule has 0 spiro atoms. The minimum absolute atomic E-state index is 0.0259. The largest absolute Gasteiger partial charge is 0.494 e. The number of benzene rings is 2. The van der Waals surface area contributed by atoms with E-state index in [1.54, 1.807) is 18.2 Å². The van der Waals surface area contributed by atoms with Crippen LogP contribution in [0.5, 0.6) is 5.75 Å². The maximum Gasteiger partial charge on any atom is 0.339 e. The molecule has 28 heavy (non-hydrogen) atoms. The van der Waals surface area contributed by atoms with Crippen LogP contribution >= 0.6 is 0 Å². The van der Waals surface area contributed by atoms with Gasteiger partial charge in [0.2, 0.25) is 10.0 Å². The number of carbonyl (C=O) groups is 1. The van der Waals surface area contributed by atoms with Gasteiger partial charge >= 0.3 is 5.97 Å². The average Bonchev–Trinajstić information content (AvgIpc) is 2.72. The molecular formula is C20H22FNO5S. The third kappa shape index (κ3) is 4.34. The molecule has 0 aliphatic carbocycles. The fraction of sp³-hybridized carbons (Fsp3) is 0.350. The fourth-order valence-electron chi connectivity index (χ4n) is 3.13. The molecule has 0 bridgehead atoms. The number of hydrogen-bond acceptors (Lipinski definition) is 5. The van der Waals surface area contributed by atoms with Crippen molar-refractivity contribution >= 4 is 16.0 Å². The summed E-state index contributed by atoms with van der Waals surface area (Å²) in [4.78, 5) is 12.5. The van der Waals surface area contributed by atoms with Gasteiger partial charge in [-0.05, 0) is 42.7 Å². The van der Waals surface area contributed by atoms with Crippen LogP contribution < -0.4 is 4.74 Å². The Morgan fingerprint density at radius 2 is 1.82 bits per heavy atom. The molecule has 2 aromatic rings. The van der Waals surface area contributed by atoms with Gasteiger partial charge in [-0.2, -0.15) is 4.31 Å². The monoisotopic (exact) mass is 407 g/mol. The van der Waals surface area contributed by atoms with Gasteiger partial charge in [-0.1, -0.05) is 24.6 Å². The zero-order chi connectivity index (χ0) is 20.1. The number of methoxy groups -OCH3 is 1. The van der Waals surface area contributed by atoms with Crippen molar-refractivity contribution in [2.75, 3.05) is 20.2 Å². The van der Waals surface area contributed by atoms with Crippen LogP contribution in [0.25, 0.3) is 0 Å². The van der Waals surface area contributed by atoms with Crippen molar-refractivity contribution in [2.24, 2.45) is 0 Å². The molecule has 2 aromatic carbocycles. The van der Waals surface area contributed by atoms with Gasteiger partial charge in [0.05, 0.1) is 17.6 Å². The number of halogens is 1. The summed E-state index contributed by atoms with van der Waals surface area (Å²) in [5.74, 6) is -1.25. The Kier molecular flexibility index (Phi) is 6.31. The van der Waals surface area contributed by atoms with Crippen LogP contribution in [0.2, 0.25) is 0 Å². The Morgan fingerprint density at radius 1 is 1.11 bits per heavy atom. The summed E-state index contributed by atoms with van der Waals surface area (Å²) >= 11 is 0. The second-order valence-electron chi connectivity index (χ2n) is 6.51. The topological polar surface area (TPSA) is 72.9 Å². The minimum Gasteiger partial charge on any atom is -0.494 e. The summed E-state index contributed by atoms with van der Waals surface area (Å²) in [5, 5.41) is 0. The van der Waals surface area contributed by atoms with Gasteiger partial charge in [0, 0.05) is 13.1 Å². The highest BCUT2D eigenvalue weighted by Crippen LogP contribution is 2.25. The van der Waals surface area contributed by atoms with Gasteiger partial charge in [-0.25, -0.2) is 17.6 Å². The van der Waals surface area contributed by atoms with Crippen molar-refractivity contribution in [3.05, 3.63) is 59.4 Å². The number of rotatable bonds is 6. The highest BCUT2D eigenvalue weighted by Gasteiger charge is 2.30. The van der Waals surface area contributed by atoms with Crippen molar-refractivity contribution < 1.29 is 27.1 Å². The standard InChI is InChI=1S/C20H22FNO5S/c1-26-18-10-9-15(13-17(18)21)14-27-20(23)16-7-3-4-8-19(16)28(24,25)22-11-5-2-6-12-22/h3-4,7-10,13H,2,5-6,11-12,14H2,1H3. The van der Waals surface area contributed by atoms with E-state index in [-0.39, 0.29) is 22.8 Å². The van der Waals surface area contributed by atoms with E-state index in [1.165, 1.54) is 35.7 Å². The molecule has 0 aromatic heterocycles. The van der Waals surface area contributed by atoms with Gasteiger partial charge in [0.1, 0.15) is 6.61 Å². The van der Waals surface area contributed by atoms with Gasteiger partial charge in [-0.15, -0.1) is 0 Å². The van der Waals surface area contributed by atoms with E-state index in [2.05, 4.69) is 0 Å². The van der Waals surface area contributed by atoms with E-state index in [4.69, 9.17) is 9.47 Å². The molecular weight excluding hydrogens is 385 g/mol. The molecule has 1 fully saturated rings. The molecule has 1 aliphatic rings. The summed E-state index contributed by atoms with van der Waals surface area (Å²) in [5.41, 5.74) is 0.407. The summed E-state index contributed by atoms with van der Waals surface area (Å²) in [7, 11) is -2.42. The van der Waals surface area contributed by atoms with Crippen LogP contribution in [0.1, 0.15) is 35.2 Å². The molecule has 0 unspecified atom stereocenters. The molecule has 0 N–H and O–H groups in total. The van der Waals surface area contributed by atoms with E-state index in [0.29, 0.717) is 18.7 Å². The molecule has 8 heteroatoms. The number of piperidine rings is 1. The molecule has 0 radical (unpaired) electrons.